The molecule has 2 amide bonds. The number of rotatable bonds is 3. The van der Waals surface area contributed by atoms with Crippen LogP contribution in [0, 0.1) is 16.7 Å². The SMILES string of the molecule is C=C1C2(C(=O)NNC(=O)c3ccccc3OC)CCC(C2)C1(C)C. The van der Waals surface area contributed by atoms with Crippen molar-refractivity contribution in [1.82, 2.24) is 10.9 Å². The summed E-state index contributed by atoms with van der Waals surface area (Å²) >= 11 is 0. The molecule has 5 heteroatoms. The number of hydrazine groups is 1. The summed E-state index contributed by atoms with van der Waals surface area (Å²) in [6, 6.07) is 6.90. The molecule has 5 nitrogen and oxygen atoms in total. The Bertz CT molecular complexity index is 710. The molecule has 0 spiro atoms. The summed E-state index contributed by atoms with van der Waals surface area (Å²) in [6.45, 7) is 8.51. The van der Waals surface area contributed by atoms with Gasteiger partial charge in [0.1, 0.15) is 5.75 Å². The molecule has 0 aromatic heterocycles. The molecule has 2 fully saturated rings. The fourth-order valence-corrected chi connectivity index (χ4v) is 4.27. The Morgan fingerprint density at radius 2 is 1.96 bits per heavy atom. The predicted octanol–water partition coefficient (Wildman–Crippen LogP) is 2.84. The Morgan fingerprint density at radius 1 is 1.25 bits per heavy atom. The van der Waals surface area contributed by atoms with Crippen molar-refractivity contribution in [2.24, 2.45) is 16.7 Å². The molecule has 1 aromatic rings. The minimum Gasteiger partial charge on any atom is -0.496 e. The Morgan fingerprint density at radius 3 is 2.58 bits per heavy atom. The number of amides is 2. The van der Waals surface area contributed by atoms with Crippen LogP contribution in [-0.4, -0.2) is 18.9 Å². The van der Waals surface area contributed by atoms with E-state index in [-0.39, 0.29) is 11.3 Å². The van der Waals surface area contributed by atoms with Crippen LogP contribution in [0.1, 0.15) is 43.5 Å². The number of hydrogen-bond donors (Lipinski definition) is 2. The first-order valence-corrected chi connectivity index (χ1v) is 8.26. The molecule has 0 saturated heterocycles. The van der Waals surface area contributed by atoms with E-state index in [2.05, 4.69) is 31.3 Å². The molecule has 1 aromatic carbocycles. The first-order chi connectivity index (χ1) is 11.3. The van der Waals surface area contributed by atoms with Crippen molar-refractivity contribution in [2.75, 3.05) is 7.11 Å². The molecule has 2 saturated carbocycles. The third-order valence-electron chi connectivity index (χ3n) is 5.97. The highest BCUT2D eigenvalue weighted by Crippen LogP contribution is 2.65. The van der Waals surface area contributed by atoms with E-state index in [1.165, 1.54) is 7.11 Å². The molecule has 128 valence electrons. The van der Waals surface area contributed by atoms with Crippen LogP contribution in [0.15, 0.2) is 36.4 Å². The second kappa shape index (κ2) is 5.65. The second-order valence-corrected chi connectivity index (χ2v) is 7.33. The molecular formula is C19H24N2O3. The number of carbonyl (C=O) groups is 2. The first kappa shape index (κ1) is 16.6. The van der Waals surface area contributed by atoms with Gasteiger partial charge in [-0.05, 0) is 42.7 Å². The van der Waals surface area contributed by atoms with Gasteiger partial charge >= 0.3 is 0 Å². The van der Waals surface area contributed by atoms with Crippen molar-refractivity contribution in [3.63, 3.8) is 0 Å². The zero-order valence-corrected chi connectivity index (χ0v) is 14.4. The van der Waals surface area contributed by atoms with E-state index in [4.69, 9.17) is 4.74 Å². The lowest BCUT2D eigenvalue weighted by molar-refractivity contribution is -0.129. The van der Waals surface area contributed by atoms with Gasteiger partial charge in [-0.1, -0.05) is 38.1 Å². The van der Waals surface area contributed by atoms with E-state index in [1.54, 1.807) is 24.3 Å². The second-order valence-electron chi connectivity index (χ2n) is 7.33. The summed E-state index contributed by atoms with van der Waals surface area (Å²) in [5.74, 6) is 0.397. The Balaban J connectivity index is 1.70. The predicted molar refractivity (Wildman–Crippen MR) is 91.3 cm³/mol. The standard InChI is InChI=1S/C19H24N2O3/c1-12-18(2,3)13-9-10-19(12,11-13)17(23)21-20-16(22)14-7-5-6-8-15(14)24-4/h5-8,13H,1,9-11H2,2-4H3,(H,20,22)(H,21,23). The van der Waals surface area contributed by atoms with Crippen molar-refractivity contribution in [1.29, 1.82) is 0 Å². The number of hydrogen-bond acceptors (Lipinski definition) is 3. The van der Waals surface area contributed by atoms with Crippen LogP contribution in [-0.2, 0) is 4.79 Å². The zero-order chi connectivity index (χ0) is 17.5. The van der Waals surface area contributed by atoms with Crippen molar-refractivity contribution in [3.05, 3.63) is 42.0 Å². The molecule has 0 aliphatic heterocycles. The van der Waals surface area contributed by atoms with E-state index in [0.29, 0.717) is 17.2 Å². The van der Waals surface area contributed by atoms with Crippen LogP contribution < -0.4 is 15.6 Å². The summed E-state index contributed by atoms with van der Waals surface area (Å²) in [6.07, 6.45) is 2.64. The van der Waals surface area contributed by atoms with Crippen LogP contribution in [0.25, 0.3) is 0 Å². The highest BCUT2D eigenvalue weighted by molar-refractivity contribution is 5.98. The normalized spacial score (nSPS) is 27.0. The average molecular weight is 328 g/mol. The molecular weight excluding hydrogens is 304 g/mol. The van der Waals surface area contributed by atoms with Gasteiger partial charge in [0.2, 0.25) is 5.91 Å². The van der Waals surface area contributed by atoms with Gasteiger partial charge in [0, 0.05) is 0 Å². The maximum absolute atomic E-state index is 12.8. The molecule has 2 unspecified atom stereocenters. The van der Waals surface area contributed by atoms with E-state index in [1.807, 2.05) is 0 Å². The Labute approximate surface area is 142 Å². The summed E-state index contributed by atoms with van der Waals surface area (Å²) in [5, 5.41) is 0. The fraction of sp³-hybridized carbons (Fsp3) is 0.474. The van der Waals surface area contributed by atoms with Gasteiger partial charge in [-0.25, -0.2) is 0 Å². The molecule has 0 radical (unpaired) electrons. The largest absolute Gasteiger partial charge is 0.496 e. The van der Waals surface area contributed by atoms with Crippen molar-refractivity contribution >= 4 is 11.8 Å². The highest BCUT2D eigenvalue weighted by Gasteiger charge is 2.60. The van der Waals surface area contributed by atoms with Crippen LogP contribution in [0.2, 0.25) is 0 Å². The fourth-order valence-electron chi connectivity index (χ4n) is 4.27. The minimum absolute atomic E-state index is 0.0255. The van der Waals surface area contributed by atoms with Crippen LogP contribution >= 0.6 is 0 Å². The first-order valence-electron chi connectivity index (χ1n) is 8.26. The summed E-state index contributed by atoms with van der Waals surface area (Å²) in [7, 11) is 1.51. The van der Waals surface area contributed by atoms with Gasteiger partial charge in [0.05, 0.1) is 18.1 Å². The smallest absolute Gasteiger partial charge is 0.273 e. The zero-order valence-electron chi connectivity index (χ0n) is 14.4. The number of carbonyl (C=O) groups excluding carboxylic acids is 2. The number of methoxy groups -OCH3 is 1. The van der Waals surface area contributed by atoms with E-state index >= 15 is 0 Å². The molecule has 2 aliphatic rings. The van der Waals surface area contributed by atoms with Gasteiger partial charge in [0.25, 0.3) is 5.91 Å². The van der Waals surface area contributed by atoms with Gasteiger partial charge < -0.3 is 4.74 Å². The molecule has 2 N–H and O–H groups in total. The van der Waals surface area contributed by atoms with Crippen molar-refractivity contribution in [3.8, 4) is 5.75 Å². The molecule has 24 heavy (non-hydrogen) atoms. The van der Waals surface area contributed by atoms with E-state index in [9.17, 15) is 9.59 Å². The van der Waals surface area contributed by atoms with Gasteiger partial charge in [-0.15, -0.1) is 0 Å². The lowest BCUT2D eigenvalue weighted by atomic mass is 9.68. The number of fused-ring (bicyclic) bond motifs is 2. The number of ether oxygens (including phenoxy) is 1. The summed E-state index contributed by atoms with van der Waals surface area (Å²) < 4.78 is 5.18. The van der Waals surface area contributed by atoms with Crippen molar-refractivity contribution < 1.29 is 14.3 Å². The van der Waals surface area contributed by atoms with Crippen LogP contribution in [0.5, 0.6) is 5.75 Å². The third kappa shape index (κ3) is 2.30. The number of nitrogens with one attached hydrogen (secondary N) is 2. The monoisotopic (exact) mass is 328 g/mol. The number of benzene rings is 1. The average Bonchev–Trinajstić information content (AvgIpc) is 3.11. The lowest BCUT2D eigenvalue weighted by Crippen LogP contribution is -2.49. The van der Waals surface area contributed by atoms with Gasteiger partial charge in [-0.2, -0.15) is 0 Å². The van der Waals surface area contributed by atoms with E-state index < -0.39 is 11.3 Å². The quantitative estimate of drug-likeness (QED) is 0.662. The number of para-hydroxylation sites is 1. The molecule has 0 heterocycles. The topological polar surface area (TPSA) is 67.4 Å². The lowest BCUT2D eigenvalue weighted by Gasteiger charge is -2.37. The van der Waals surface area contributed by atoms with E-state index in [0.717, 1.165) is 24.8 Å². The Hall–Kier alpha value is -2.30. The van der Waals surface area contributed by atoms with Crippen LogP contribution in [0.3, 0.4) is 0 Å². The molecule has 2 aliphatic carbocycles. The molecule has 3 rings (SSSR count). The third-order valence-corrected chi connectivity index (χ3v) is 5.97. The van der Waals surface area contributed by atoms with Gasteiger partial charge in [-0.3, -0.25) is 20.4 Å². The molecule has 2 bridgehead atoms. The maximum Gasteiger partial charge on any atom is 0.273 e. The van der Waals surface area contributed by atoms with Gasteiger partial charge in [0.15, 0.2) is 0 Å². The minimum atomic E-state index is -0.553. The van der Waals surface area contributed by atoms with Crippen LogP contribution in [0.4, 0.5) is 0 Å². The Kier molecular flexibility index (Phi) is 3.90. The molecule has 2 atom stereocenters. The maximum atomic E-state index is 12.8. The van der Waals surface area contributed by atoms with Crippen molar-refractivity contribution in [2.45, 2.75) is 33.1 Å². The summed E-state index contributed by atoms with van der Waals surface area (Å²) in [4.78, 5) is 25.1. The summed E-state index contributed by atoms with van der Waals surface area (Å²) in [5.41, 5.74) is 5.91. The highest BCUT2D eigenvalue weighted by atomic mass is 16.5.